The van der Waals surface area contributed by atoms with Crippen molar-refractivity contribution in [3.05, 3.63) is 24.3 Å². The summed E-state index contributed by atoms with van der Waals surface area (Å²) in [6.07, 6.45) is 4.56. The molecule has 1 aromatic rings. The predicted octanol–water partition coefficient (Wildman–Crippen LogP) is 0.299. The summed E-state index contributed by atoms with van der Waals surface area (Å²) in [4.78, 5) is 21.9. The molecule has 1 fully saturated rings. The molecule has 0 aliphatic carbocycles. The molecular formula is C11H16N4O. The summed E-state index contributed by atoms with van der Waals surface area (Å²) in [5, 5.41) is 3.30. The van der Waals surface area contributed by atoms with Crippen LogP contribution in [0.4, 0.5) is 0 Å². The van der Waals surface area contributed by atoms with Gasteiger partial charge in [0.25, 0.3) is 5.91 Å². The molecule has 1 aromatic heterocycles. The van der Waals surface area contributed by atoms with Gasteiger partial charge in [-0.1, -0.05) is 0 Å². The Hall–Kier alpha value is -1.49. The number of amides is 1. The van der Waals surface area contributed by atoms with Gasteiger partial charge in [0.05, 0.1) is 5.56 Å². The van der Waals surface area contributed by atoms with Gasteiger partial charge in [0.15, 0.2) is 0 Å². The lowest BCUT2D eigenvalue weighted by atomic mass is 10.1. The van der Waals surface area contributed by atoms with E-state index in [1.807, 2.05) is 18.7 Å². The largest absolute Gasteiger partial charge is 0.331 e. The van der Waals surface area contributed by atoms with Crippen LogP contribution in [0.25, 0.3) is 0 Å². The van der Waals surface area contributed by atoms with Crippen molar-refractivity contribution in [2.75, 3.05) is 13.1 Å². The van der Waals surface area contributed by atoms with Gasteiger partial charge in [0.2, 0.25) is 0 Å². The molecule has 0 aromatic carbocycles. The van der Waals surface area contributed by atoms with Gasteiger partial charge in [-0.2, -0.15) is 0 Å². The Morgan fingerprint density at radius 3 is 2.44 bits per heavy atom. The fourth-order valence-electron chi connectivity index (χ4n) is 2.09. The molecule has 5 nitrogen and oxygen atoms in total. The molecule has 1 aliphatic rings. The van der Waals surface area contributed by atoms with Gasteiger partial charge in [0.1, 0.15) is 6.33 Å². The van der Waals surface area contributed by atoms with Gasteiger partial charge < -0.3 is 10.2 Å². The molecule has 2 unspecified atom stereocenters. The monoisotopic (exact) mass is 220 g/mol. The third-order valence-electron chi connectivity index (χ3n) is 2.87. The maximum atomic E-state index is 12.2. The number of nitrogens with zero attached hydrogens (tertiary/aromatic N) is 3. The summed E-state index contributed by atoms with van der Waals surface area (Å²) in [5.74, 6) is 0.0158. The molecule has 2 atom stereocenters. The number of hydrogen-bond donors (Lipinski definition) is 1. The van der Waals surface area contributed by atoms with Crippen molar-refractivity contribution in [2.45, 2.75) is 25.9 Å². The van der Waals surface area contributed by atoms with Crippen LogP contribution in [0.5, 0.6) is 0 Å². The van der Waals surface area contributed by atoms with E-state index < -0.39 is 0 Å². The first kappa shape index (κ1) is 11.0. The van der Waals surface area contributed by atoms with Crippen molar-refractivity contribution in [1.82, 2.24) is 20.2 Å². The summed E-state index contributed by atoms with van der Waals surface area (Å²) in [5.41, 5.74) is 0.558. The molecule has 5 heteroatoms. The van der Waals surface area contributed by atoms with Crippen molar-refractivity contribution < 1.29 is 4.79 Å². The number of rotatable bonds is 1. The molecule has 1 saturated heterocycles. The van der Waals surface area contributed by atoms with E-state index in [0.29, 0.717) is 5.56 Å². The molecule has 1 amide bonds. The van der Waals surface area contributed by atoms with Crippen LogP contribution in [0.1, 0.15) is 24.2 Å². The van der Waals surface area contributed by atoms with Crippen molar-refractivity contribution >= 4 is 5.91 Å². The summed E-state index contributed by atoms with van der Waals surface area (Å²) in [6.45, 7) is 5.77. The van der Waals surface area contributed by atoms with Crippen LogP contribution >= 0.6 is 0 Å². The minimum Gasteiger partial charge on any atom is -0.331 e. The molecule has 2 rings (SSSR count). The highest BCUT2D eigenvalue weighted by atomic mass is 16.2. The molecule has 1 aliphatic heterocycles. The Balaban J connectivity index is 2.20. The van der Waals surface area contributed by atoms with Crippen LogP contribution in [0.15, 0.2) is 18.7 Å². The normalized spacial score (nSPS) is 25.5. The summed E-state index contributed by atoms with van der Waals surface area (Å²) in [6, 6.07) is 0.410. The summed E-state index contributed by atoms with van der Waals surface area (Å²) >= 11 is 0. The summed E-state index contributed by atoms with van der Waals surface area (Å²) in [7, 11) is 0. The maximum absolute atomic E-state index is 12.2. The van der Waals surface area contributed by atoms with E-state index in [-0.39, 0.29) is 18.0 Å². The molecule has 0 bridgehead atoms. The zero-order valence-electron chi connectivity index (χ0n) is 9.55. The second kappa shape index (κ2) is 4.57. The van der Waals surface area contributed by atoms with E-state index in [1.165, 1.54) is 6.33 Å². The quantitative estimate of drug-likeness (QED) is 0.739. The molecular weight excluding hydrogens is 204 g/mol. The second-order valence-electron chi connectivity index (χ2n) is 4.20. The highest BCUT2D eigenvalue weighted by Crippen LogP contribution is 2.13. The van der Waals surface area contributed by atoms with Crippen LogP contribution in [-0.4, -0.2) is 45.9 Å². The topological polar surface area (TPSA) is 58.1 Å². The molecule has 2 heterocycles. The Kier molecular flexibility index (Phi) is 3.14. The third-order valence-corrected chi connectivity index (χ3v) is 2.87. The number of hydrogen-bond acceptors (Lipinski definition) is 4. The number of nitrogens with one attached hydrogen (secondary N) is 1. The number of carbonyl (C=O) groups excluding carboxylic acids is 1. The van der Waals surface area contributed by atoms with Crippen LogP contribution < -0.4 is 5.32 Å². The summed E-state index contributed by atoms with van der Waals surface area (Å²) < 4.78 is 0. The maximum Gasteiger partial charge on any atom is 0.257 e. The van der Waals surface area contributed by atoms with Crippen LogP contribution in [0.2, 0.25) is 0 Å². The molecule has 0 radical (unpaired) electrons. The standard InChI is InChI=1S/C11H16N4O/c1-8-3-12-4-9(2)15(8)11(16)10-5-13-7-14-6-10/h5-9,12H,3-4H2,1-2H3. The van der Waals surface area contributed by atoms with E-state index in [9.17, 15) is 4.79 Å². The van der Waals surface area contributed by atoms with Crippen molar-refractivity contribution in [3.8, 4) is 0 Å². The fourth-order valence-corrected chi connectivity index (χ4v) is 2.09. The molecule has 16 heavy (non-hydrogen) atoms. The van der Waals surface area contributed by atoms with Crippen LogP contribution in [0, 0.1) is 0 Å². The fraction of sp³-hybridized carbons (Fsp3) is 0.545. The van der Waals surface area contributed by atoms with Crippen LogP contribution in [0.3, 0.4) is 0 Å². The number of aromatic nitrogens is 2. The average Bonchev–Trinajstić information content (AvgIpc) is 2.30. The van der Waals surface area contributed by atoms with Crippen molar-refractivity contribution in [3.63, 3.8) is 0 Å². The van der Waals surface area contributed by atoms with E-state index >= 15 is 0 Å². The van der Waals surface area contributed by atoms with Crippen molar-refractivity contribution in [2.24, 2.45) is 0 Å². The Labute approximate surface area is 94.9 Å². The van der Waals surface area contributed by atoms with Gasteiger partial charge in [-0.25, -0.2) is 9.97 Å². The van der Waals surface area contributed by atoms with E-state index in [0.717, 1.165) is 13.1 Å². The highest BCUT2D eigenvalue weighted by Gasteiger charge is 2.29. The number of piperazine rings is 1. The van der Waals surface area contributed by atoms with Crippen molar-refractivity contribution in [1.29, 1.82) is 0 Å². The molecule has 86 valence electrons. The SMILES string of the molecule is CC1CNCC(C)N1C(=O)c1cncnc1. The Bertz CT molecular complexity index is 358. The highest BCUT2D eigenvalue weighted by molar-refractivity contribution is 5.94. The van der Waals surface area contributed by atoms with Gasteiger partial charge in [-0.05, 0) is 13.8 Å². The average molecular weight is 220 g/mol. The van der Waals surface area contributed by atoms with Crippen LogP contribution in [-0.2, 0) is 0 Å². The minimum atomic E-state index is 0.0158. The first-order chi connectivity index (χ1) is 7.70. The molecule has 1 N–H and O–H groups in total. The smallest absolute Gasteiger partial charge is 0.257 e. The van der Waals surface area contributed by atoms with E-state index in [4.69, 9.17) is 0 Å². The zero-order valence-corrected chi connectivity index (χ0v) is 9.55. The Morgan fingerprint density at radius 1 is 1.31 bits per heavy atom. The second-order valence-corrected chi connectivity index (χ2v) is 4.20. The predicted molar refractivity (Wildman–Crippen MR) is 60.0 cm³/mol. The van der Waals surface area contributed by atoms with E-state index in [1.54, 1.807) is 12.4 Å². The zero-order chi connectivity index (χ0) is 11.5. The lowest BCUT2D eigenvalue weighted by Gasteiger charge is -2.39. The van der Waals surface area contributed by atoms with Gasteiger partial charge in [-0.15, -0.1) is 0 Å². The van der Waals surface area contributed by atoms with E-state index in [2.05, 4.69) is 15.3 Å². The lowest BCUT2D eigenvalue weighted by molar-refractivity contribution is 0.0543. The van der Waals surface area contributed by atoms with Gasteiger partial charge in [0, 0.05) is 37.6 Å². The minimum absolute atomic E-state index is 0.0158. The molecule has 0 spiro atoms. The molecule has 0 saturated carbocycles. The third kappa shape index (κ3) is 2.04. The first-order valence-corrected chi connectivity index (χ1v) is 5.48. The number of carbonyl (C=O) groups is 1. The first-order valence-electron chi connectivity index (χ1n) is 5.48. The van der Waals surface area contributed by atoms with Gasteiger partial charge >= 0.3 is 0 Å². The lowest BCUT2D eigenvalue weighted by Crippen LogP contribution is -2.57. The van der Waals surface area contributed by atoms with Gasteiger partial charge in [-0.3, -0.25) is 4.79 Å². The Morgan fingerprint density at radius 2 is 1.88 bits per heavy atom.